The standard InChI is InChI=1S/C21H26F3N3O5S/c1-2-19(29)25-16-11-17(13-28)27(12-16)33(31,32)18-6-8-26(9-7-18)20(30)14-4-3-5-15(10-14)21(22,23)24/h2-5,10,16-18,28H,1,6-9,11-13H2,(H,25,29). The second-order valence-corrected chi connectivity index (χ2v) is 10.3. The number of likely N-dealkylation sites (tertiary alicyclic amines) is 1. The monoisotopic (exact) mass is 489 g/mol. The van der Waals surface area contributed by atoms with Gasteiger partial charge in [-0.15, -0.1) is 0 Å². The number of nitrogens with zero attached hydrogens (tertiary/aromatic N) is 2. The summed E-state index contributed by atoms with van der Waals surface area (Å²) in [5.41, 5.74) is -1.03. The lowest BCUT2D eigenvalue weighted by atomic mass is 10.1. The maximum Gasteiger partial charge on any atom is 0.416 e. The highest BCUT2D eigenvalue weighted by molar-refractivity contribution is 7.89. The van der Waals surface area contributed by atoms with Crippen molar-refractivity contribution in [3.05, 3.63) is 48.0 Å². The van der Waals surface area contributed by atoms with Crippen molar-refractivity contribution in [2.45, 2.75) is 42.8 Å². The maximum absolute atomic E-state index is 13.2. The van der Waals surface area contributed by atoms with Crippen molar-refractivity contribution in [1.29, 1.82) is 0 Å². The lowest BCUT2D eigenvalue weighted by Gasteiger charge is -2.35. The fraction of sp³-hybridized carbons (Fsp3) is 0.524. The van der Waals surface area contributed by atoms with E-state index >= 15 is 0 Å². The van der Waals surface area contributed by atoms with Gasteiger partial charge in [-0.2, -0.15) is 17.5 Å². The molecule has 0 bridgehead atoms. The Morgan fingerprint density at radius 2 is 1.91 bits per heavy atom. The molecule has 0 saturated carbocycles. The number of sulfonamides is 1. The number of alkyl halides is 3. The number of piperidine rings is 1. The van der Waals surface area contributed by atoms with Gasteiger partial charge in [0.15, 0.2) is 0 Å². The normalized spacial score (nSPS) is 22.8. The van der Waals surface area contributed by atoms with Gasteiger partial charge in [0.05, 0.1) is 17.4 Å². The van der Waals surface area contributed by atoms with Crippen molar-refractivity contribution < 1.29 is 36.3 Å². The Morgan fingerprint density at radius 1 is 1.24 bits per heavy atom. The van der Waals surface area contributed by atoms with E-state index in [2.05, 4.69) is 11.9 Å². The molecule has 2 fully saturated rings. The summed E-state index contributed by atoms with van der Waals surface area (Å²) in [6, 6.07) is 3.01. The van der Waals surface area contributed by atoms with E-state index in [1.165, 1.54) is 15.3 Å². The summed E-state index contributed by atoms with van der Waals surface area (Å²) >= 11 is 0. The zero-order valence-corrected chi connectivity index (χ0v) is 18.6. The molecule has 182 valence electrons. The Balaban J connectivity index is 1.65. The van der Waals surface area contributed by atoms with Crippen molar-refractivity contribution in [1.82, 2.24) is 14.5 Å². The van der Waals surface area contributed by atoms with Gasteiger partial charge < -0.3 is 15.3 Å². The summed E-state index contributed by atoms with van der Waals surface area (Å²) in [7, 11) is -3.83. The second kappa shape index (κ2) is 9.82. The third-order valence-electron chi connectivity index (χ3n) is 6.02. The first-order chi connectivity index (χ1) is 15.5. The molecule has 8 nitrogen and oxygen atoms in total. The predicted molar refractivity (Wildman–Crippen MR) is 114 cm³/mol. The minimum absolute atomic E-state index is 0.0243. The highest BCUT2D eigenvalue weighted by atomic mass is 32.2. The third kappa shape index (κ3) is 5.56. The zero-order chi connectivity index (χ0) is 24.4. The molecule has 12 heteroatoms. The molecule has 2 unspecified atom stereocenters. The Kier molecular flexibility index (Phi) is 7.49. The molecule has 2 saturated heterocycles. The molecule has 33 heavy (non-hydrogen) atoms. The van der Waals surface area contributed by atoms with E-state index in [0.717, 1.165) is 24.3 Å². The van der Waals surface area contributed by atoms with Gasteiger partial charge in [-0.25, -0.2) is 8.42 Å². The molecule has 3 rings (SSSR count). The molecule has 2 amide bonds. The number of rotatable bonds is 6. The largest absolute Gasteiger partial charge is 0.416 e. The van der Waals surface area contributed by atoms with Crippen LogP contribution in [0.1, 0.15) is 35.2 Å². The molecule has 2 atom stereocenters. The fourth-order valence-electron chi connectivity index (χ4n) is 4.29. The summed E-state index contributed by atoms with van der Waals surface area (Å²) < 4.78 is 66.5. The van der Waals surface area contributed by atoms with Gasteiger partial charge in [-0.05, 0) is 43.5 Å². The Bertz CT molecular complexity index is 1010. The Morgan fingerprint density at radius 3 is 2.48 bits per heavy atom. The van der Waals surface area contributed by atoms with Crippen LogP contribution in [0.15, 0.2) is 36.9 Å². The lowest BCUT2D eigenvalue weighted by molar-refractivity contribution is -0.137. The molecule has 2 aliphatic heterocycles. The average Bonchev–Trinajstić information content (AvgIpc) is 3.21. The molecular weight excluding hydrogens is 463 g/mol. The van der Waals surface area contributed by atoms with Crippen LogP contribution >= 0.6 is 0 Å². The molecule has 0 aliphatic carbocycles. The number of carbonyl (C=O) groups excluding carboxylic acids is 2. The van der Waals surface area contributed by atoms with Crippen LogP contribution in [-0.4, -0.2) is 78.1 Å². The zero-order valence-electron chi connectivity index (χ0n) is 17.8. The van der Waals surface area contributed by atoms with E-state index < -0.39 is 57.5 Å². The minimum atomic E-state index is -4.57. The summed E-state index contributed by atoms with van der Waals surface area (Å²) in [6.07, 6.45) is -2.99. The van der Waals surface area contributed by atoms with Gasteiger partial charge >= 0.3 is 6.18 Å². The number of hydrogen-bond acceptors (Lipinski definition) is 5. The number of hydrogen-bond donors (Lipinski definition) is 2. The van der Waals surface area contributed by atoms with Crippen LogP contribution in [0.5, 0.6) is 0 Å². The Hall–Kier alpha value is -2.44. The second-order valence-electron chi connectivity index (χ2n) is 8.17. The fourth-order valence-corrected chi connectivity index (χ4v) is 6.43. The van der Waals surface area contributed by atoms with Gasteiger partial charge in [-0.3, -0.25) is 9.59 Å². The quantitative estimate of drug-likeness (QED) is 0.588. The molecule has 1 aromatic rings. The van der Waals surface area contributed by atoms with Crippen LogP contribution in [0.25, 0.3) is 0 Å². The van der Waals surface area contributed by atoms with Crippen LogP contribution in [0, 0.1) is 0 Å². The van der Waals surface area contributed by atoms with E-state index in [9.17, 15) is 36.3 Å². The molecule has 2 heterocycles. The van der Waals surface area contributed by atoms with Gasteiger partial charge in [0.1, 0.15) is 0 Å². The van der Waals surface area contributed by atoms with Crippen molar-refractivity contribution in [2.75, 3.05) is 26.2 Å². The first-order valence-electron chi connectivity index (χ1n) is 10.5. The van der Waals surface area contributed by atoms with Crippen molar-refractivity contribution in [3.63, 3.8) is 0 Å². The molecule has 0 spiro atoms. The molecule has 1 aromatic carbocycles. The number of aliphatic hydroxyl groups is 1. The van der Waals surface area contributed by atoms with E-state index in [0.29, 0.717) is 0 Å². The topological polar surface area (TPSA) is 107 Å². The van der Waals surface area contributed by atoms with Gasteiger partial charge in [0, 0.05) is 37.3 Å². The minimum Gasteiger partial charge on any atom is -0.395 e. The molecule has 0 radical (unpaired) electrons. The highest BCUT2D eigenvalue weighted by Gasteiger charge is 2.44. The van der Waals surface area contributed by atoms with Crippen LogP contribution in [-0.2, 0) is 21.0 Å². The van der Waals surface area contributed by atoms with Crippen LogP contribution in [0.2, 0.25) is 0 Å². The van der Waals surface area contributed by atoms with Gasteiger partial charge in [0.2, 0.25) is 15.9 Å². The first-order valence-corrected chi connectivity index (χ1v) is 12.0. The van der Waals surface area contributed by atoms with Crippen LogP contribution in [0.4, 0.5) is 13.2 Å². The number of nitrogens with one attached hydrogen (secondary N) is 1. The number of aliphatic hydroxyl groups excluding tert-OH is 1. The maximum atomic E-state index is 13.2. The SMILES string of the molecule is C=CC(=O)NC1CC(CO)N(S(=O)(=O)C2CCN(C(=O)c3cccc(C(F)(F)F)c3)CC2)C1. The number of halogens is 3. The summed E-state index contributed by atoms with van der Waals surface area (Å²) in [4.78, 5) is 25.6. The van der Waals surface area contributed by atoms with Crippen molar-refractivity contribution >= 4 is 21.8 Å². The number of carbonyl (C=O) groups is 2. The van der Waals surface area contributed by atoms with Crippen molar-refractivity contribution in [3.8, 4) is 0 Å². The molecular formula is C21H26F3N3O5S. The summed E-state index contributed by atoms with van der Waals surface area (Å²) in [5.74, 6) is -1.02. The number of amides is 2. The average molecular weight is 490 g/mol. The van der Waals surface area contributed by atoms with E-state index in [1.54, 1.807) is 0 Å². The highest BCUT2D eigenvalue weighted by Crippen LogP contribution is 2.31. The van der Waals surface area contributed by atoms with E-state index in [4.69, 9.17) is 0 Å². The summed E-state index contributed by atoms with van der Waals surface area (Å²) in [5, 5.41) is 11.5. The van der Waals surface area contributed by atoms with E-state index in [-0.39, 0.29) is 44.5 Å². The molecule has 0 aromatic heterocycles. The van der Waals surface area contributed by atoms with Crippen LogP contribution in [0.3, 0.4) is 0 Å². The third-order valence-corrected chi connectivity index (χ3v) is 8.44. The van der Waals surface area contributed by atoms with Crippen molar-refractivity contribution in [2.24, 2.45) is 0 Å². The first kappa shape index (κ1) is 25.2. The van der Waals surface area contributed by atoms with Gasteiger partial charge in [-0.1, -0.05) is 12.6 Å². The van der Waals surface area contributed by atoms with Gasteiger partial charge in [0.25, 0.3) is 5.91 Å². The smallest absolute Gasteiger partial charge is 0.395 e. The molecule has 2 N–H and O–H groups in total. The predicted octanol–water partition coefficient (Wildman–Crippen LogP) is 1.38. The number of benzene rings is 1. The summed E-state index contributed by atoms with van der Waals surface area (Å²) in [6.45, 7) is 3.14. The molecule has 2 aliphatic rings. The lowest BCUT2D eigenvalue weighted by Crippen LogP contribution is -2.49. The van der Waals surface area contributed by atoms with Crippen LogP contribution < -0.4 is 5.32 Å². The van der Waals surface area contributed by atoms with E-state index in [1.807, 2.05) is 0 Å². The Labute approximate surface area is 190 Å².